The van der Waals surface area contributed by atoms with Gasteiger partial charge in [0.2, 0.25) is 10.0 Å². The van der Waals surface area contributed by atoms with E-state index in [4.69, 9.17) is 0 Å². The third-order valence-electron chi connectivity index (χ3n) is 2.95. The van der Waals surface area contributed by atoms with Crippen LogP contribution in [0.3, 0.4) is 0 Å². The van der Waals surface area contributed by atoms with Crippen LogP contribution in [0.5, 0.6) is 0 Å². The third-order valence-corrected chi connectivity index (χ3v) is 5.91. The van der Waals surface area contributed by atoms with Gasteiger partial charge in [-0.2, -0.15) is 0 Å². The van der Waals surface area contributed by atoms with Crippen molar-refractivity contribution < 1.29 is 8.42 Å². The smallest absolute Gasteiger partial charge is 0.236 e. The highest BCUT2D eigenvalue weighted by Crippen LogP contribution is 2.22. The summed E-state index contributed by atoms with van der Waals surface area (Å²) in [7, 11) is -3.18. The van der Waals surface area contributed by atoms with Crippen LogP contribution in [-0.2, 0) is 15.8 Å². The lowest BCUT2D eigenvalue weighted by atomic mass is 10.2. The van der Waals surface area contributed by atoms with Crippen LogP contribution in [0.2, 0.25) is 0 Å². The number of hydrogen-bond donors (Lipinski definition) is 0. The fraction of sp³-hybridized carbons (Fsp3) is 0.462. The summed E-state index contributed by atoms with van der Waals surface area (Å²) in [6.45, 7) is 4.76. The molecule has 104 valence electrons. The van der Waals surface area contributed by atoms with Crippen LogP contribution < -0.4 is 0 Å². The van der Waals surface area contributed by atoms with Crippen LogP contribution in [0.1, 0.15) is 18.1 Å². The summed E-state index contributed by atoms with van der Waals surface area (Å²) in [5, 5.41) is 0.627. The lowest BCUT2D eigenvalue weighted by molar-refractivity contribution is 0.541. The lowest BCUT2D eigenvalue weighted by Crippen LogP contribution is -2.34. The molecular formula is C13H18N2O2S2. The number of rotatable bonds is 4. The van der Waals surface area contributed by atoms with Crippen LogP contribution in [0.15, 0.2) is 29.3 Å². The number of amidine groups is 1. The van der Waals surface area contributed by atoms with Crippen molar-refractivity contribution in [3.8, 4) is 0 Å². The summed E-state index contributed by atoms with van der Waals surface area (Å²) in [5.74, 6) is 0.867. The monoisotopic (exact) mass is 298 g/mol. The number of aliphatic imine (C=N–C) groups is 1. The van der Waals surface area contributed by atoms with Gasteiger partial charge < -0.3 is 0 Å². The fourth-order valence-corrected chi connectivity index (χ4v) is 4.15. The number of hydrogen-bond acceptors (Lipinski definition) is 4. The standard InChI is InChI=1S/C13H18N2O2S2/c1-3-19(16,17)15-9-8-14-13(15)18-10-12-6-4-11(2)5-7-12/h4-7H,3,8-10H2,1-2H3. The van der Waals surface area contributed by atoms with Gasteiger partial charge in [0.05, 0.1) is 18.8 Å². The van der Waals surface area contributed by atoms with E-state index in [2.05, 4.69) is 29.3 Å². The van der Waals surface area contributed by atoms with Gasteiger partial charge in [-0.3, -0.25) is 4.99 Å². The lowest BCUT2D eigenvalue weighted by Gasteiger charge is -2.18. The Hall–Kier alpha value is -1.01. The number of nitrogens with zero attached hydrogens (tertiary/aromatic N) is 2. The Kier molecular flexibility index (Phi) is 4.52. The molecule has 1 aliphatic heterocycles. The molecule has 2 rings (SSSR count). The topological polar surface area (TPSA) is 49.7 Å². The van der Waals surface area contributed by atoms with Gasteiger partial charge in [0, 0.05) is 5.75 Å². The first-order valence-corrected chi connectivity index (χ1v) is 8.85. The van der Waals surface area contributed by atoms with Crippen molar-refractivity contribution in [3.05, 3.63) is 35.4 Å². The van der Waals surface area contributed by atoms with Crippen LogP contribution in [0.4, 0.5) is 0 Å². The van der Waals surface area contributed by atoms with Crippen molar-refractivity contribution in [2.75, 3.05) is 18.8 Å². The molecule has 1 aromatic rings. The van der Waals surface area contributed by atoms with Crippen molar-refractivity contribution in [1.82, 2.24) is 4.31 Å². The van der Waals surface area contributed by atoms with Crippen LogP contribution in [0.25, 0.3) is 0 Å². The van der Waals surface area contributed by atoms with E-state index in [0.717, 1.165) is 5.75 Å². The number of benzene rings is 1. The van der Waals surface area contributed by atoms with Gasteiger partial charge in [0.25, 0.3) is 0 Å². The molecule has 0 amide bonds. The summed E-state index contributed by atoms with van der Waals surface area (Å²) in [4.78, 5) is 4.29. The fourth-order valence-electron chi connectivity index (χ4n) is 1.77. The predicted molar refractivity (Wildman–Crippen MR) is 80.9 cm³/mol. The molecule has 0 N–H and O–H groups in total. The SMILES string of the molecule is CCS(=O)(=O)N1CCN=C1SCc1ccc(C)cc1. The molecule has 0 bridgehead atoms. The molecule has 0 radical (unpaired) electrons. The first-order valence-electron chi connectivity index (χ1n) is 6.26. The van der Waals surface area contributed by atoms with E-state index >= 15 is 0 Å². The summed E-state index contributed by atoms with van der Waals surface area (Å²) in [6.07, 6.45) is 0. The molecule has 0 aromatic heterocycles. The molecule has 6 heteroatoms. The maximum atomic E-state index is 11.9. The maximum Gasteiger partial charge on any atom is 0.236 e. The van der Waals surface area contributed by atoms with Gasteiger partial charge >= 0.3 is 0 Å². The zero-order chi connectivity index (χ0) is 13.9. The second-order valence-corrected chi connectivity index (χ2v) is 7.54. The average Bonchev–Trinajstić information content (AvgIpc) is 2.87. The van der Waals surface area contributed by atoms with Gasteiger partial charge in [-0.15, -0.1) is 0 Å². The van der Waals surface area contributed by atoms with Gasteiger partial charge in [-0.25, -0.2) is 12.7 Å². The normalized spacial score (nSPS) is 15.7. The van der Waals surface area contributed by atoms with E-state index in [9.17, 15) is 8.42 Å². The molecule has 19 heavy (non-hydrogen) atoms. The minimum Gasteiger partial charge on any atom is -0.260 e. The summed E-state index contributed by atoms with van der Waals surface area (Å²) in [6, 6.07) is 8.26. The second kappa shape index (κ2) is 5.96. The zero-order valence-electron chi connectivity index (χ0n) is 11.2. The van der Waals surface area contributed by atoms with E-state index in [1.54, 1.807) is 6.92 Å². The van der Waals surface area contributed by atoms with Crippen molar-refractivity contribution in [1.29, 1.82) is 0 Å². The number of aryl methyl sites for hydroxylation is 1. The van der Waals surface area contributed by atoms with Crippen molar-refractivity contribution in [2.24, 2.45) is 4.99 Å². The van der Waals surface area contributed by atoms with E-state index in [0.29, 0.717) is 18.3 Å². The molecule has 1 aliphatic rings. The maximum absolute atomic E-state index is 11.9. The Morgan fingerprint density at radius 1 is 1.32 bits per heavy atom. The minimum atomic E-state index is -3.18. The number of sulfonamides is 1. The highest BCUT2D eigenvalue weighted by Gasteiger charge is 2.27. The van der Waals surface area contributed by atoms with Crippen molar-refractivity contribution in [2.45, 2.75) is 19.6 Å². The number of thioether (sulfide) groups is 1. The van der Waals surface area contributed by atoms with Gasteiger partial charge in [-0.1, -0.05) is 41.6 Å². The second-order valence-electron chi connectivity index (χ2n) is 4.41. The third kappa shape index (κ3) is 3.51. The Morgan fingerprint density at radius 3 is 2.63 bits per heavy atom. The molecule has 0 spiro atoms. The highest BCUT2D eigenvalue weighted by molar-refractivity contribution is 8.14. The summed E-state index contributed by atoms with van der Waals surface area (Å²) in [5.41, 5.74) is 2.40. The minimum absolute atomic E-state index is 0.122. The van der Waals surface area contributed by atoms with E-state index in [1.807, 2.05) is 6.92 Å². The molecule has 0 atom stereocenters. The predicted octanol–water partition coefficient (Wildman–Crippen LogP) is 2.25. The highest BCUT2D eigenvalue weighted by atomic mass is 32.2. The Labute approximate surface area is 119 Å². The molecule has 1 aromatic carbocycles. The zero-order valence-corrected chi connectivity index (χ0v) is 12.8. The average molecular weight is 298 g/mol. The Morgan fingerprint density at radius 2 is 2.00 bits per heavy atom. The first kappa shape index (κ1) is 14.4. The molecule has 0 unspecified atom stereocenters. The van der Waals surface area contributed by atoms with Crippen molar-refractivity contribution >= 4 is 27.0 Å². The molecule has 1 heterocycles. The molecule has 4 nitrogen and oxygen atoms in total. The Balaban J connectivity index is 2.01. The van der Waals surface area contributed by atoms with Crippen LogP contribution >= 0.6 is 11.8 Å². The molecule has 0 saturated heterocycles. The molecular weight excluding hydrogens is 280 g/mol. The largest absolute Gasteiger partial charge is 0.260 e. The van der Waals surface area contributed by atoms with E-state index < -0.39 is 10.0 Å². The molecule has 0 fully saturated rings. The first-order chi connectivity index (χ1) is 9.03. The van der Waals surface area contributed by atoms with Gasteiger partial charge in [0.1, 0.15) is 0 Å². The summed E-state index contributed by atoms with van der Waals surface area (Å²) < 4.78 is 25.2. The van der Waals surface area contributed by atoms with Gasteiger partial charge in [0.15, 0.2) is 5.17 Å². The molecule has 0 saturated carbocycles. The van der Waals surface area contributed by atoms with E-state index in [-0.39, 0.29) is 5.75 Å². The van der Waals surface area contributed by atoms with Crippen LogP contribution in [-0.4, -0.2) is 36.7 Å². The quantitative estimate of drug-likeness (QED) is 0.856. The molecule has 0 aliphatic carbocycles. The van der Waals surface area contributed by atoms with E-state index in [1.165, 1.54) is 27.2 Å². The van der Waals surface area contributed by atoms with Gasteiger partial charge in [-0.05, 0) is 19.4 Å². The Bertz CT molecular complexity index is 565. The van der Waals surface area contributed by atoms with Crippen molar-refractivity contribution in [3.63, 3.8) is 0 Å². The summed E-state index contributed by atoms with van der Waals surface area (Å²) >= 11 is 1.49. The van der Waals surface area contributed by atoms with Crippen LogP contribution in [0, 0.1) is 6.92 Å².